The Balaban J connectivity index is 2.25. The molecule has 0 aliphatic heterocycles. The fourth-order valence-corrected chi connectivity index (χ4v) is 1.28. The summed E-state index contributed by atoms with van der Waals surface area (Å²) in [5.41, 5.74) is 2.44. The van der Waals surface area contributed by atoms with Crippen LogP contribution in [0.25, 0.3) is 0 Å². The number of pyridine rings is 1. The highest BCUT2D eigenvalue weighted by atomic mass is 19.1. The van der Waals surface area contributed by atoms with Crippen LogP contribution < -0.4 is 0 Å². The Morgan fingerprint density at radius 1 is 1.00 bits per heavy atom. The van der Waals surface area contributed by atoms with Crippen molar-refractivity contribution in [1.82, 2.24) is 4.98 Å². The van der Waals surface area contributed by atoms with E-state index in [1.807, 2.05) is 25.1 Å². The van der Waals surface area contributed by atoms with Gasteiger partial charge in [0.05, 0.1) is 0 Å². The van der Waals surface area contributed by atoms with Crippen LogP contribution in [0.1, 0.15) is 17.0 Å². The fourth-order valence-electron chi connectivity index (χ4n) is 1.28. The second-order valence-electron chi connectivity index (χ2n) is 3.42. The molecule has 0 N–H and O–H groups in total. The lowest BCUT2D eigenvalue weighted by Gasteiger charge is -1.92. The van der Waals surface area contributed by atoms with E-state index in [0.29, 0.717) is 0 Å². The third-order valence-corrected chi connectivity index (χ3v) is 2.07. The third-order valence-electron chi connectivity index (χ3n) is 2.07. The molecule has 1 heterocycles. The number of aromatic nitrogens is 1. The van der Waals surface area contributed by atoms with Gasteiger partial charge in [-0.2, -0.15) is 0 Å². The molecule has 0 unspecified atom stereocenters. The Morgan fingerprint density at radius 3 is 2.44 bits per heavy atom. The lowest BCUT2D eigenvalue weighted by Crippen LogP contribution is -1.84. The van der Waals surface area contributed by atoms with E-state index in [1.165, 1.54) is 12.1 Å². The summed E-state index contributed by atoms with van der Waals surface area (Å²) >= 11 is 0. The summed E-state index contributed by atoms with van der Waals surface area (Å²) in [7, 11) is 0. The Labute approximate surface area is 94.0 Å². The van der Waals surface area contributed by atoms with E-state index in [2.05, 4.69) is 16.8 Å². The first-order valence-electron chi connectivity index (χ1n) is 4.95. The molecule has 0 bridgehead atoms. The molecular weight excluding hydrogens is 201 g/mol. The van der Waals surface area contributed by atoms with Gasteiger partial charge < -0.3 is 0 Å². The lowest BCUT2D eigenvalue weighted by atomic mass is 10.2. The van der Waals surface area contributed by atoms with Crippen LogP contribution in [0.4, 0.5) is 4.39 Å². The van der Waals surface area contributed by atoms with Crippen molar-refractivity contribution in [2.24, 2.45) is 0 Å². The molecule has 0 atom stereocenters. The zero-order valence-electron chi connectivity index (χ0n) is 8.87. The minimum absolute atomic E-state index is 0.251. The van der Waals surface area contributed by atoms with Gasteiger partial charge in [0.1, 0.15) is 11.5 Å². The van der Waals surface area contributed by atoms with Crippen LogP contribution in [-0.2, 0) is 0 Å². The van der Waals surface area contributed by atoms with E-state index in [9.17, 15) is 4.39 Å². The van der Waals surface area contributed by atoms with Gasteiger partial charge in [-0.05, 0) is 49.2 Å². The van der Waals surface area contributed by atoms with Gasteiger partial charge in [0, 0.05) is 11.3 Å². The number of hydrogen-bond acceptors (Lipinski definition) is 1. The quantitative estimate of drug-likeness (QED) is 0.610. The number of benzene rings is 1. The maximum atomic E-state index is 12.6. The molecular formula is C14H10FN. The summed E-state index contributed by atoms with van der Waals surface area (Å²) in [5.74, 6) is 5.62. The number of hydrogen-bond donors (Lipinski definition) is 0. The Bertz CT molecular complexity index is 547. The topological polar surface area (TPSA) is 12.9 Å². The predicted molar refractivity (Wildman–Crippen MR) is 61.4 cm³/mol. The predicted octanol–water partition coefficient (Wildman–Crippen LogP) is 2.93. The van der Waals surface area contributed by atoms with Crippen molar-refractivity contribution in [3.05, 3.63) is 65.2 Å². The van der Waals surface area contributed by atoms with Gasteiger partial charge in [-0.3, -0.25) is 0 Å². The Kier molecular flexibility index (Phi) is 2.98. The molecule has 78 valence electrons. The van der Waals surface area contributed by atoms with Crippen LogP contribution in [0.5, 0.6) is 0 Å². The van der Waals surface area contributed by atoms with Crippen molar-refractivity contribution in [2.45, 2.75) is 6.92 Å². The van der Waals surface area contributed by atoms with Crippen LogP contribution in [0, 0.1) is 24.6 Å². The van der Waals surface area contributed by atoms with Crippen molar-refractivity contribution in [1.29, 1.82) is 0 Å². The molecule has 0 amide bonds. The van der Waals surface area contributed by atoms with Gasteiger partial charge in [0.15, 0.2) is 0 Å². The summed E-state index contributed by atoms with van der Waals surface area (Å²) in [6, 6.07) is 11.8. The van der Waals surface area contributed by atoms with E-state index in [1.54, 1.807) is 12.1 Å². The number of aryl methyl sites for hydroxylation is 1. The lowest BCUT2D eigenvalue weighted by molar-refractivity contribution is 0.627. The molecule has 0 radical (unpaired) electrons. The first kappa shape index (κ1) is 10.4. The van der Waals surface area contributed by atoms with Crippen molar-refractivity contribution in [3.8, 4) is 11.8 Å². The summed E-state index contributed by atoms with van der Waals surface area (Å²) in [5, 5.41) is 0. The van der Waals surface area contributed by atoms with E-state index in [0.717, 1.165) is 17.0 Å². The molecule has 0 saturated carbocycles. The zero-order valence-corrected chi connectivity index (χ0v) is 8.87. The van der Waals surface area contributed by atoms with Crippen LogP contribution in [0.3, 0.4) is 0 Å². The summed E-state index contributed by atoms with van der Waals surface area (Å²) in [4.78, 5) is 4.26. The van der Waals surface area contributed by atoms with Crippen molar-refractivity contribution >= 4 is 0 Å². The molecule has 0 aliphatic rings. The minimum atomic E-state index is -0.251. The molecule has 2 rings (SSSR count). The second-order valence-corrected chi connectivity index (χ2v) is 3.42. The van der Waals surface area contributed by atoms with Crippen molar-refractivity contribution < 1.29 is 4.39 Å². The van der Waals surface area contributed by atoms with E-state index in [4.69, 9.17) is 0 Å². The van der Waals surface area contributed by atoms with E-state index < -0.39 is 0 Å². The summed E-state index contributed by atoms with van der Waals surface area (Å²) < 4.78 is 12.6. The molecule has 2 aromatic rings. The van der Waals surface area contributed by atoms with Gasteiger partial charge in [-0.1, -0.05) is 12.0 Å². The molecule has 1 aromatic heterocycles. The maximum Gasteiger partial charge on any atom is 0.123 e. The number of halogens is 1. The maximum absolute atomic E-state index is 12.6. The van der Waals surface area contributed by atoms with Gasteiger partial charge in [0.25, 0.3) is 0 Å². The molecule has 0 saturated heterocycles. The highest BCUT2D eigenvalue weighted by molar-refractivity contribution is 5.40. The van der Waals surface area contributed by atoms with Crippen LogP contribution in [-0.4, -0.2) is 4.98 Å². The third kappa shape index (κ3) is 2.68. The molecule has 0 fully saturated rings. The number of rotatable bonds is 0. The molecule has 16 heavy (non-hydrogen) atoms. The zero-order chi connectivity index (χ0) is 11.4. The minimum Gasteiger partial charge on any atom is -0.245 e. The average Bonchev–Trinajstić information content (AvgIpc) is 2.28. The van der Waals surface area contributed by atoms with Crippen LogP contribution in [0.2, 0.25) is 0 Å². The van der Waals surface area contributed by atoms with Gasteiger partial charge in [0.2, 0.25) is 0 Å². The first-order chi connectivity index (χ1) is 7.74. The van der Waals surface area contributed by atoms with Crippen molar-refractivity contribution in [3.63, 3.8) is 0 Å². The number of nitrogens with zero attached hydrogens (tertiary/aromatic N) is 1. The van der Waals surface area contributed by atoms with Crippen molar-refractivity contribution in [2.75, 3.05) is 0 Å². The fraction of sp³-hybridized carbons (Fsp3) is 0.0714. The highest BCUT2D eigenvalue weighted by Crippen LogP contribution is 2.01. The van der Waals surface area contributed by atoms with Crippen LogP contribution in [0.15, 0.2) is 42.5 Å². The van der Waals surface area contributed by atoms with Gasteiger partial charge >= 0.3 is 0 Å². The Morgan fingerprint density at radius 2 is 1.75 bits per heavy atom. The smallest absolute Gasteiger partial charge is 0.123 e. The van der Waals surface area contributed by atoms with Gasteiger partial charge in [-0.25, -0.2) is 9.37 Å². The summed E-state index contributed by atoms with van der Waals surface area (Å²) in [6.07, 6.45) is 0. The molecule has 0 aliphatic carbocycles. The summed E-state index contributed by atoms with van der Waals surface area (Å²) in [6.45, 7) is 1.92. The SMILES string of the molecule is Cc1cccc(C#Cc2ccc(F)cc2)n1. The monoisotopic (exact) mass is 211 g/mol. The van der Waals surface area contributed by atoms with E-state index in [-0.39, 0.29) is 5.82 Å². The normalized spacial score (nSPS) is 9.38. The average molecular weight is 211 g/mol. The molecule has 1 aromatic carbocycles. The molecule has 0 spiro atoms. The molecule has 1 nitrogen and oxygen atoms in total. The van der Waals surface area contributed by atoms with E-state index >= 15 is 0 Å². The first-order valence-corrected chi connectivity index (χ1v) is 4.95. The largest absolute Gasteiger partial charge is 0.245 e. The Hall–Kier alpha value is -2.14. The van der Waals surface area contributed by atoms with Crippen LogP contribution >= 0.6 is 0 Å². The van der Waals surface area contributed by atoms with Gasteiger partial charge in [-0.15, -0.1) is 0 Å². The standard InChI is InChI=1S/C14H10FN/c1-11-3-2-4-14(16-11)10-7-12-5-8-13(15)9-6-12/h2-6,8-9H,1H3. The highest BCUT2D eigenvalue weighted by Gasteiger charge is 1.90. The molecule has 2 heteroatoms. The second kappa shape index (κ2) is 4.59.